The fourth-order valence-electron chi connectivity index (χ4n) is 2.96. The van der Waals surface area contributed by atoms with E-state index < -0.39 is 11.5 Å². The molecule has 0 bridgehead atoms. The number of rotatable bonds is 3. The number of carbonyl (C=O) groups excluding carboxylic acids is 2. The SMILES string of the molecule is CC1CCCN1C(=O)C(NC(=O)c1ccc(N)c(Cl)c1)C(C)(C)C. The first-order valence-corrected chi connectivity index (χ1v) is 8.65. The summed E-state index contributed by atoms with van der Waals surface area (Å²) in [6, 6.07) is 4.34. The highest BCUT2D eigenvalue weighted by Gasteiger charge is 2.38. The third-order valence-corrected chi connectivity index (χ3v) is 4.81. The topological polar surface area (TPSA) is 75.4 Å². The number of likely N-dealkylation sites (tertiary alicyclic amines) is 1. The van der Waals surface area contributed by atoms with Crippen molar-refractivity contribution in [1.29, 1.82) is 0 Å². The van der Waals surface area contributed by atoms with Gasteiger partial charge in [-0.1, -0.05) is 32.4 Å². The van der Waals surface area contributed by atoms with Crippen molar-refractivity contribution >= 4 is 29.1 Å². The molecular formula is C18H26ClN3O2. The summed E-state index contributed by atoms with van der Waals surface area (Å²) >= 11 is 5.99. The predicted octanol–water partition coefficient (Wildman–Crippen LogP) is 3.08. The molecule has 2 rings (SSSR count). The molecule has 0 aromatic heterocycles. The van der Waals surface area contributed by atoms with Crippen LogP contribution in [0.2, 0.25) is 5.02 Å². The van der Waals surface area contributed by atoms with Gasteiger partial charge in [0.15, 0.2) is 0 Å². The van der Waals surface area contributed by atoms with Crippen LogP contribution in [-0.2, 0) is 4.79 Å². The number of nitrogen functional groups attached to an aromatic ring is 1. The number of amides is 2. The molecule has 132 valence electrons. The Kier molecular flexibility index (Phi) is 5.43. The number of hydrogen-bond acceptors (Lipinski definition) is 3. The number of hydrogen-bond donors (Lipinski definition) is 2. The second kappa shape index (κ2) is 7.01. The second-order valence-electron chi connectivity index (χ2n) is 7.53. The molecule has 1 aromatic rings. The lowest BCUT2D eigenvalue weighted by Gasteiger charge is -2.35. The minimum absolute atomic E-state index is 0.0256. The standard InChI is InChI=1S/C18H26ClN3O2/c1-11-6-5-9-22(11)17(24)15(18(2,3)4)21-16(23)12-7-8-14(20)13(19)10-12/h7-8,10-11,15H,5-6,9,20H2,1-4H3,(H,21,23). The van der Waals surface area contributed by atoms with Crippen LogP contribution >= 0.6 is 11.6 Å². The molecule has 1 heterocycles. The minimum atomic E-state index is -0.595. The van der Waals surface area contributed by atoms with E-state index in [9.17, 15) is 9.59 Å². The van der Waals surface area contributed by atoms with Crippen LogP contribution < -0.4 is 11.1 Å². The Balaban J connectivity index is 2.21. The van der Waals surface area contributed by atoms with Crippen LogP contribution in [0.5, 0.6) is 0 Å². The highest BCUT2D eigenvalue weighted by atomic mass is 35.5. The van der Waals surface area contributed by atoms with E-state index >= 15 is 0 Å². The Hall–Kier alpha value is -1.75. The van der Waals surface area contributed by atoms with Gasteiger partial charge in [0.2, 0.25) is 5.91 Å². The van der Waals surface area contributed by atoms with Crippen molar-refractivity contribution in [1.82, 2.24) is 10.2 Å². The lowest BCUT2D eigenvalue weighted by Crippen LogP contribution is -2.55. The Bertz CT molecular complexity index is 640. The molecule has 1 saturated heterocycles. The van der Waals surface area contributed by atoms with E-state index in [-0.39, 0.29) is 17.9 Å². The Morgan fingerprint density at radius 2 is 2.04 bits per heavy atom. The summed E-state index contributed by atoms with van der Waals surface area (Å²) in [5.74, 6) is -0.348. The van der Waals surface area contributed by atoms with Crippen molar-refractivity contribution < 1.29 is 9.59 Å². The van der Waals surface area contributed by atoms with Gasteiger partial charge >= 0.3 is 0 Å². The summed E-state index contributed by atoms with van der Waals surface area (Å²) in [5, 5.41) is 3.22. The van der Waals surface area contributed by atoms with E-state index in [1.807, 2.05) is 32.6 Å². The zero-order chi connectivity index (χ0) is 18.1. The number of benzene rings is 1. The molecule has 24 heavy (non-hydrogen) atoms. The van der Waals surface area contributed by atoms with Crippen molar-refractivity contribution in [3.63, 3.8) is 0 Å². The van der Waals surface area contributed by atoms with Gasteiger partial charge < -0.3 is 16.0 Å². The van der Waals surface area contributed by atoms with Gasteiger partial charge in [-0.3, -0.25) is 9.59 Å². The molecule has 0 spiro atoms. The van der Waals surface area contributed by atoms with Gasteiger partial charge in [-0.15, -0.1) is 0 Å². The van der Waals surface area contributed by atoms with Gasteiger partial charge in [0.1, 0.15) is 6.04 Å². The quantitative estimate of drug-likeness (QED) is 0.822. The summed E-state index contributed by atoms with van der Waals surface area (Å²) in [7, 11) is 0. The number of nitrogens with one attached hydrogen (secondary N) is 1. The van der Waals surface area contributed by atoms with Crippen molar-refractivity contribution in [2.45, 2.75) is 52.6 Å². The zero-order valence-electron chi connectivity index (χ0n) is 14.7. The van der Waals surface area contributed by atoms with Gasteiger partial charge in [0.05, 0.1) is 10.7 Å². The van der Waals surface area contributed by atoms with Crippen LogP contribution in [0.4, 0.5) is 5.69 Å². The van der Waals surface area contributed by atoms with Crippen molar-refractivity contribution in [2.75, 3.05) is 12.3 Å². The Morgan fingerprint density at radius 3 is 2.54 bits per heavy atom. The third-order valence-electron chi connectivity index (χ3n) is 4.49. The van der Waals surface area contributed by atoms with Gasteiger partial charge in [-0.05, 0) is 43.4 Å². The number of carbonyl (C=O) groups is 2. The molecule has 0 radical (unpaired) electrons. The minimum Gasteiger partial charge on any atom is -0.398 e. The van der Waals surface area contributed by atoms with Crippen LogP contribution in [0.3, 0.4) is 0 Å². The Morgan fingerprint density at radius 1 is 1.38 bits per heavy atom. The summed E-state index contributed by atoms with van der Waals surface area (Å²) in [4.78, 5) is 27.4. The molecule has 1 aliphatic rings. The monoisotopic (exact) mass is 351 g/mol. The molecule has 1 aromatic carbocycles. The molecule has 2 amide bonds. The van der Waals surface area contributed by atoms with Gasteiger partial charge in [-0.2, -0.15) is 0 Å². The van der Waals surface area contributed by atoms with Gasteiger partial charge in [-0.25, -0.2) is 0 Å². The van der Waals surface area contributed by atoms with Crippen molar-refractivity contribution in [2.24, 2.45) is 5.41 Å². The average Bonchev–Trinajstić information content (AvgIpc) is 2.91. The van der Waals surface area contributed by atoms with E-state index in [0.29, 0.717) is 16.3 Å². The molecule has 5 nitrogen and oxygen atoms in total. The summed E-state index contributed by atoms with van der Waals surface area (Å²) in [5.41, 5.74) is 6.10. The second-order valence-corrected chi connectivity index (χ2v) is 7.94. The van der Waals surface area contributed by atoms with Crippen LogP contribution in [-0.4, -0.2) is 35.3 Å². The smallest absolute Gasteiger partial charge is 0.252 e. The maximum absolute atomic E-state index is 13.0. The first-order chi connectivity index (χ1) is 11.1. The van der Waals surface area contributed by atoms with Crippen LogP contribution in [0.15, 0.2) is 18.2 Å². The predicted molar refractivity (Wildman–Crippen MR) is 97.0 cm³/mol. The highest BCUT2D eigenvalue weighted by Crippen LogP contribution is 2.26. The fraction of sp³-hybridized carbons (Fsp3) is 0.556. The van der Waals surface area contributed by atoms with Crippen molar-refractivity contribution in [3.05, 3.63) is 28.8 Å². The van der Waals surface area contributed by atoms with E-state index in [1.165, 1.54) is 6.07 Å². The van der Waals surface area contributed by atoms with E-state index in [4.69, 9.17) is 17.3 Å². The lowest BCUT2D eigenvalue weighted by atomic mass is 9.85. The first kappa shape index (κ1) is 18.6. The number of nitrogens with zero attached hydrogens (tertiary/aromatic N) is 1. The average molecular weight is 352 g/mol. The van der Waals surface area contributed by atoms with E-state index in [0.717, 1.165) is 19.4 Å². The molecule has 3 N–H and O–H groups in total. The largest absolute Gasteiger partial charge is 0.398 e. The molecule has 0 saturated carbocycles. The first-order valence-electron chi connectivity index (χ1n) is 8.27. The maximum Gasteiger partial charge on any atom is 0.252 e. The Labute approximate surface area is 148 Å². The number of anilines is 1. The molecule has 6 heteroatoms. The molecule has 1 fully saturated rings. The van der Waals surface area contributed by atoms with E-state index in [1.54, 1.807) is 12.1 Å². The van der Waals surface area contributed by atoms with Gasteiger partial charge in [0, 0.05) is 18.2 Å². The van der Waals surface area contributed by atoms with E-state index in [2.05, 4.69) is 5.32 Å². The fourth-order valence-corrected chi connectivity index (χ4v) is 3.14. The molecule has 2 unspecified atom stereocenters. The zero-order valence-corrected chi connectivity index (χ0v) is 15.5. The van der Waals surface area contributed by atoms with Crippen LogP contribution in [0.25, 0.3) is 0 Å². The van der Waals surface area contributed by atoms with Crippen LogP contribution in [0, 0.1) is 5.41 Å². The van der Waals surface area contributed by atoms with Gasteiger partial charge in [0.25, 0.3) is 5.91 Å². The van der Waals surface area contributed by atoms with Crippen molar-refractivity contribution in [3.8, 4) is 0 Å². The number of nitrogens with two attached hydrogens (primary N) is 1. The molecule has 1 aliphatic heterocycles. The normalized spacial score (nSPS) is 19.2. The number of halogens is 1. The third kappa shape index (κ3) is 4.01. The van der Waals surface area contributed by atoms with Crippen LogP contribution in [0.1, 0.15) is 50.9 Å². The summed E-state index contributed by atoms with van der Waals surface area (Å²) < 4.78 is 0. The highest BCUT2D eigenvalue weighted by molar-refractivity contribution is 6.33. The lowest BCUT2D eigenvalue weighted by molar-refractivity contribution is -0.136. The maximum atomic E-state index is 13.0. The molecule has 0 aliphatic carbocycles. The summed E-state index contributed by atoms with van der Waals surface area (Å²) in [6.45, 7) is 8.65. The molecular weight excluding hydrogens is 326 g/mol. The molecule has 2 atom stereocenters. The summed E-state index contributed by atoms with van der Waals surface area (Å²) in [6.07, 6.45) is 2.01.